The maximum atomic E-state index is 13.4. The standard InChI is InChI=1S/C13H8BrFN2O3/c14-8-2-4-10(17-6-8)12(18)7-1-3-9(15)11(5-7)20-13(16)19/h1-6H,(H2,16,19). The Balaban J connectivity index is 2.35. The van der Waals surface area contributed by atoms with Crippen LogP contribution < -0.4 is 10.5 Å². The van der Waals surface area contributed by atoms with Crippen LogP contribution in [0, 0.1) is 5.82 Å². The lowest BCUT2D eigenvalue weighted by Crippen LogP contribution is -2.17. The molecule has 7 heteroatoms. The molecule has 5 nitrogen and oxygen atoms in total. The van der Waals surface area contributed by atoms with E-state index in [2.05, 4.69) is 25.7 Å². The van der Waals surface area contributed by atoms with Crippen LogP contribution in [0.3, 0.4) is 0 Å². The second-order valence-electron chi connectivity index (χ2n) is 3.76. The summed E-state index contributed by atoms with van der Waals surface area (Å²) in [5.74, 6) is -1.61. The number of carbonyl (C=O) groups is 2. The van der Waals surface area contributed by atoms with Crippen LogP contribution in [-0.2, 0) is 0 Å². The molecule has 1 aromatic heterocycles. The molecule has 0 saturated carbocycles. The van der Waals surface area contributed by atoms with Crippen molar-refractivity contribution in [1.82, 2.24) is 4.98 Å². The third-order valence-corrected chi connectivity index (χ3v) is 2.83. The fraction of sp³-hybridized carbons (Fsp3) is 0. The molecule has 0 fully saturated rings. The Bertz CT molecular complexity index is 674. The fourth-order valence-corrected chi connectivity index (χ4v) is 1.72. The zero-order chi connectivity index (χ0) is 14.7. The third-order valence-electron chi connectivity index (χ3n) is 2.36. The maximum Gasteiger partial charge on any atom is 0.410 e. The van der Waals surface area contributed by atoms with Crippen LogP contribution in [0.25, 0.3) is 0 Å². The number of hydrogen-bond acceptors (Lipinski definition) is 4. The molecule has 2 N–H and O–H groups in total. The van der Waals surface area contributed by atoms with Crippen LogP contribution in [-0.4, -0.2) is 16.9 Å². The summed E-state index contributed by atoms with van der Waals surface area (Å²) in [6, 6.07) is 6.57. The lowest BCUT2D eigenvalue weighted by Gasteiger charge is -2.05. The van der Waals surface area contributed by atoms with Gasteiger partial charge in [0.2, 0.25) is 5.78 Å². The zero-order valence-corrected chi connectivity index (χ0v) is 11.6. The van der Waals surface area contributed by atoms with E-state index >= 15 is 0 Å². The number of benzene rings is 1. The molecule has 102 valence electrons. The van der Waals surface area contributed by atoms with Crippen molar-refractivity contribution in [2.24, 2.45) is 5.73 Å². The number of nitrogens with zero attached hydrogens (tertiary/aromatic N) is 1. The average Bonchev–Trinajstić information content (AvgIpc) is 2.41. The predicted octanol–water partition coefficient (Wildman–Crippen LogP) is 2.67. The van der Waals surface area contributed by atoms with Crippen molar-refractivity contribution in [1.29, 1.82) is 0 Å². The van der Waals surface area contributed by atoms with E-state index in [0.717, 1.165) is 16.6 Å². The Labute approximate surface area is 121 Å². The highest BCUT2D eigenvalue weighted by Crippen LogP contribution is 2.21. The van der Waals surface area contributed by atoms with Crippen molar-refractivity contribution in [3.05, 3.63) is 58.1 Å². The highest BCUT2D eigenvalue weighted by molar-refractivity contribution is 9.10. The first-order chi connectivity index (χ1) is 9.47. The summed E-state index contributed by atoms with van der Waals surface area (Å²) in [6.07, 6.45) is 0.313. The molecule has 20 heavy (non-hydrogen) atoms. The molecule has 2 rings (SSSR count). The first kappa shape index (κ1) is 14.1. The van der Waals surface area contributed by atoms with E-state index < -0.39 is 23.4 Å². The van der Waals surface area contributed by atoms with Gasteiger partial charge in [0.15, 0.2) is 11.6 Å². The van der Waals surface area contributed by atoms with E-state index in [9.17, 15) is 14.0 Å². The Morgan fingerprint density at radius 2 is 2.00 bits per heavy atom. The molecule has 0 spiro atoms. The number of pyridine rings is 1. The monoisotopic (exact) mass is 338 g/mol. The average molecular weight is 339 g/mol. The zero-order valence-electron chi connectivity index (χ0n) is 9.97. The van der Waals surface area contributed by atoms with Gasteiger partial charge < -0.3 is 10.5 Å². The molecule has 1 aromatic carbocycles. The first-order valence-corrected chi connectivity index (χ1v) is 6.20. The highest BCUT2D eigenvalue weighted by Gasteiger charge is 2.15. The lowest BCUT2D eigenvalue weighted by atomic mass is 10.1. The molecule has 0 saturated heterocycles. The summed E-state index contributed by atoms with van der Waals surface area (Å²) >= 11 is 3.20. The molecule has 0 aliphatic rings. The molecule has 0 atom stereocenters. The highest BCUT2D eigenvalue weighted by atomic mass is 79.9. The van der Waals surface area contributed by atoms with Crippen LogP contribution >= 0.6 is 15.9 Å². The van der Waals surface area contributed by atoms with E-state index in [-0.39, 0.29) is 11.3 Å². The number of carbonyl (C=O) groups excluding carboxylic acids is 2. The van der Waals surface area contributed by atoms with Gasteiger partial charge in [-0.25, -0.2) is 9.18 Å². The summed E-state index contributed by atoms with van der Waals surface area (Å²) in [7, 11) is 0. The van der Waals surface area contributed by atoms with Gasteiger partial charge in [-0.1, -0.05) is 0 Å². The van der Waals surface area contributed by atoms with Crippen molar-refractivity contribution in [2.45, 2.75) is 0 Å². The molecule has 0 aliphatic carbocycles. The van der Waals surface area contributed by atoms with Gasteiger partial charge in [0.25, 0.3) is 0 Å². The minimum Gasteiger partial charge on any atom is -0.407 e. The molecule has 1 heterocycles. The van der Waals surface area contributed by atoms with E-state index in [1.807, 2.05) is 0 Å². The summed E-state index contributed by atoms with van der Waals surface area (Å²) < 4.78 is 18.6. The number of hydrogen-bond donors (Lipinski definition) is 1. The Kier molecular flexibility index (Phi) is 4.09. The van der Waals surface area contributed by atoms with Crippen molar-refractivity contribution in [3.8, 4) is 5.75 Å². The Morgan fingerprint density at radius 3 is 2.60 bits per heavy atom. The van der Waals surface area contributed by atoms with Gasteiger partial charge in [-0.05, 0) is 46.3 Å². The molecule has 0 bridgehead atoms. The van der Waals surface area contributed by atoms with E-state index in [0.29, 0.717) is 0 Å². The largest absolute Gasteiger partial charge is 0.410 e. The van der Waals surface area contributed by atoms with Crippen molar-refractivity contribution in [2.75, 3.05) is 0 Å². The van der Waals surface area contributed by atoms with E-state index in [1.54, 1.807) is 6.07 Å². The number of halogens is 2. The molecular weight excluding hydrogens is 331 g/mol. The van der Waals surface area contributed by atoms with Gasteiger partial charge >= 0.3 is 6.09 Å². The third kappa shape index (κ3) is 3.18. The quantitative estimate of drug-likeness (QED) is 0.872. The summed E-state index contributed by atoms with van der Waals surface area (Å²) in [6.45, 7) is 0. The van der Waals surface area contributed by atoms with Crippen LogP contribution in [0.4, 0.5) is 9.18 Å². The van der Waals surface area contributed by atoms with Gasteiger partial charge in [-0.2, -0.15) is 0 Å². The number of rotatable bonds is 3. The number of nitrogens with two attached hydrogens (primary N) is 1. The summed E-state index contributed by atoms with van der Waals surface area (Å²) in [4.78, 5) is 26.7. The minimum absolute atomic E-state index is 0.137. The van der Waals surface area contributed by atoms with Gasteiger partial charge in [-0.15, -0.1) is 0 Å². The topological polar surface area (TPSA) is 82.3 Å². The van der Waals surface area contributed by atoms with Crippen LogP contribution in [0.15, 0.2) is 41.0 Å². The van der Waals surface area contributed by atoms with Gasteiger partial charge in [0.1, 0.15) is 5.69 Å². The first-order valence-electron chi connectivity index (χ1n) is 5.40. The number of ether oxygens (including phenoxy) is 1. The second-order valence-corrected chi connectivity index (χ2v) is 4.67. The molecular formula is C13H8BrFN2O3. The van der Waals surface area contributed by atoms with Crippen LogP contribution in [0.5, 0.6) is 5.75 Å². The SMILES string of the molecule is NC(=O)Oc1cc(C(=O)c2ccc(Br)cn2)ccc1F. The van der Waals surface area contributed by atoms with Crippen LogP contribution in [0.1, 0.15) is 16.1 Å². The number of primary amides is 1. The number of amides is 1. The Hall–Kier alpha value is -2.28. The van der Waals surface area contributed by atoms with Gasteiger partial charge in [-0.3, -0.25) is 9.78 Å². The summed E-state index contributed by atoms with van der Waals surface area (Å²) in [5, 5.41) is 0. The summed E-state index contributed by atoms with van der Waals surface area (Å²) in [5.41, 5.74) is 5.14. The molecule has 0 radical (unpaired) electrons. The van der Waals surface area contributed by atoms with Gasteiger partial charge in [0, 0.05) is 16.2 Å². The fourth-order valence-electron chi connectivity index (χ4n) is 1.49. The van der Waals surface area contributed by atoms with Crippen molar-refractivity contribution < 1.29 is 18.7 Å². The van der Waals surface area contributed by atoms with Crippen LogP contribution in [0.2, 0.25) is 0 Å². The molecule has 0 aliphatic heterocycles. The van der Waals surface area contributed by atoms with Gasteiger partial charge in [0.05, 0.1) is 0 Å². The lowest BCUT2D eigenvalue weighted by molar-refractivity contribution is 0.103. The normalized spacial score (nSPS) is 10.1. The Morgan fingerprint density at radius 1 is 1.25 bits per heavy atom. The smallest absolute Gasteiger partial charge is 0.407 e. The van der Waals surface area contributed by atoms with Crippen molar-refractivity contribution >= 4 is 27.8 Å². The molecule has 2 aromatic rings. The maximum absolute atomic E-state index is 13.4. The number of aromatic nitrogens is 1. The number of ketones is 1. The van der Waals surface area contributed by atoms with E-state index in [4.69, 9.17) is 5.73 Å². The van der Waals surface area contributed by atoms with E-state index in [1.165, 1.54) is 18.3 Å². The molecule has 1 amide bonds. The minimum atomic E-state index is -1.16. The molecule has 0 unspecified atom stereocenters. The van der Waals surface area contributed by atoms with Crippen molar-refractivity contribution in [3.63, 3.8) is 0 Å². The predicted molar refractivity (Wildman–Crippen MR) is 72.0 cm³/mol. The second kappa shape index (κ2) is 5.79.